The van der Waals surface area contributed by atoms with Gasteiger partial charge in [-0.05, 0) is 11.5 Å². The van der Waals surface area contributed by atoms with E-state index < -0.39 is 5.97 Å². The quantitative estimate of drug-likeness (QED) is 0.799. The molecule has 0 aliphatic carbocycles. The minimum absolute atomic E-state index is 0.418. The van der Waals surface area contributed by atoms with Crippen LogP contribution in [-0.2, 0) is 13.0 Å². The molecule has 3 aromatic rings. The number of aromatic carboxylic acids is 1. The molecule has 0 saturated carbocycles. The third-order valence-corrected chi connectivity index (χ3v) is 4.54. The van der Waals surface area contributed by atoms with Gasteiger partial charge in [0.1, 0.15) is 10.7 Å². The van der Waals surface area contributed by atoms with Crippen LogP contribution in [0.2, 0.25) is 0 Å². The first-order chi connectivity index (χ1) is 9.70. The zero-order valence-corrected chi connectivity index (χ0v) is 11.9. The molecule has 1 N–H and O–H groups in total. The third-order valence-electron chi connectivity index (χ3n) is 3.34. The summed E-state index contributed by atoms with van der Waals surface area (Å²) in [5.74, 6) is 0.107. The van der Waals surface area contributed by atoms with Gasteiger partial charge in [0, 0.05) is 29.1 Å². The van der Waals surface area contributed by atoms with E-state index in [0.717, 1.165) is 27.9 Å². The van der Waals surface area contributed by atoms with E-state index in [-0.39, 0.29) is 0 Å². The Morgan fingerprint density at radius 3 is 2.95 bits per heavy atom. The highest BCUT2D eigenvalue weighted by Gasteiger charge is 2.18. The molecule has 4 nitrogen and oxygen atoms in total. The highest BCUT2D eigenvalue weighted by Crippen LogP contribution is 2.32. The Balaban J connectivity index is 2.14. The molecular formula is C15H14N2O2S. The Morgan fingerprint density at radius 2 is 2.20 bits per heavy atom. The monoisotopic (exact) mass is 286 g/mol. The van der Waals surface area contributed by atoms with E-state index in [1.807, 2.05) is 42.0 Å². The Kier molecular flexibility index (Phi) is 3.28. The summed E-state index contributed by atoms with van der Waals surface area (Å²) < 4.78 is 3.03. The number of thiophene rings is 1. The van der Waals surface area contributed by atoms with Gasteiger partial charge in [-0.3, -0.25) is 0 Å². The Hall–Kier alpha value is -2.14. The lowest BCUT2D eigenvalue weighted by Gasteiger charge is -2.07. The number of fused-ring (bicyclic) bond motifs is 1. The number of benzene rings is 1. The Bertz CT molecular complexity index is 773. The fourth-order valence-corrected chi connectivity index (χ4v) is 3.45. The number of aryl methyl sites for hydroxylation is 1. The largest absolute Gasteiger partial charge is 0.477 e. The topological polar surface area (TPSA) is 55.1 Å². The second-order valence-corrected chi connectivity index (χ2v) is 5.59. The minimum Gasteiger partial charge on any atom is -0.477 e. The van der Waals surface area contributed by atoms with Crippen LogP contribution in [0.5, 0.6) is 0 Å². The minimum atomic E-state index is -0.862. The number of carboxylic acid groups (broad SMARTS) is 1. The molecule has 0 radical (unpaired) electrons. The lowest BCUT2D eigenvalue weighted by atomic mass is 10.1. The zero-order chi connectivity index (χ0) is 14.1. The van der Waals surface area contributed by atoms with E-state index >= 15 is 0 Å². The summed E-state index contributed by atoms with van der Waals surface area (Å²) in [7, 11) is 0. The molecule has 0 fully saturated rings. The standard InChI is InChI=1S/C15H14N2O2S/c1-2-13-16-7-8-17(13)9-11-10-5-3-4-6-12(10)20-14(11)15(18)19/h3-8H,2,9H2,1H3,(H,18,19). The Morgan fingerprint density at radius 1 is 1.40 bits per heavy atom. The van der Waals surface area contributed by atoms with Crippen LogP contribution in [0.4, 0.5) is 0 Å². The van der Waals surface area contributed by atoms with Crippen molar-refractivity contribution in [2.45, 2.75) is 19.9 Å². The van der Waals surface area contributed by atoms with Crippen LogP contribution < -0.4 is 0 Å². The first-order valence-corrected chi connectivity index (χ1v) is 7.26. The van der Waals surface area contributed by atoms with E-state index in [1.165, 1.54) is 11.3 Å². The SMILES string of the molecule is CCc1nccn1Cc1c(C(=O)O)sc2ccccc12. The van der Waals surface area contributed by atoms with E-state index in [1.54, 1.807) is 6.20 Å². The lowest BCUT2D eigenvalue weighted by molar-refractivity contribution is 0.0701. The average Bonchev–Trinajstić information content (AvgIpc) is 3.04. The van der Waals surface area contributed by atoms with Crippen LogP contribution in [0.1, 0.15) is 28.0 Å². The van der Waals surface area contributed by atoms with Crippen molar-refractivity contribution in [1.29, 1.82) is 0 Å². The van der Waals surface area contributed by atoms with Crippen molar-refractivity contribution < 1.29 is 9.90 Å². The van der Waals surface area contributed by atoms with E-state index in [0.29, 0.717) is 11.4 Å². The van der Waals surface area contributed by atoms with Crippen molar-refractivity contribution in [2.24, 2.45) is 0 Å². The van der Waals surface area contributed by atoms with Gasteiger partial charge in [-0.1, -0.05) is 25.1 Å². The van der Waals surface area contributed by atoms with E-state index in [4.69, 9.17) is 0 Å². The van der Waals surface area contributed by atoms with E-state index in [9.17, 15) is 9.90 Å². The second kappa shape index (κ2) is 5.09. The van der Waals surface area contributed by atoms with Crippen LogP contribution >= 0.6 is 11.3 Å². The predicted molar refractivity (Wildman–Crippen MR) is 79.5 cm³/mol. The van der Waals surface area contributed by atoms with Crippen molar-refractivity contribution in [3.05, 3.63) is 52.9 Å². The van der Waals surface area contributed by atoms with Gasteiger partial charge >= 0.3 is 5.97 Å². The molecule has 0 atom stereocenters. The summed E-state index contributed by atoms with van der Waals surface area (Å²) in [4.78, 5) is 16.2. The average molecular weight is 286 g/mol. The summed E-state index contributed by atoms with van der Waals surface area (Å²) in [5, 5.41) is 10.4. The highest BCUT2D eigenvalue weighted by atomic mass is 32.1. The summed E-state index contributed by atoms with van der Waals surface area (Å²) >= 11 is 1.33. The smallest absolute Gasteiger partial charge is 0.346 e. The van der Waals surface area contributed by atoms with Crippen LogP contribution in [0, 0.1) is 0 Å². The summed E-state index contributed by atoms with van der Waals surface area (Å²) in [6.07, 6.45) is 4.49. The maximum absolute atomic E-state index is 11.5. The maximum atomic E-state index is 11.5. The van der Waals surface area contributed by atoms with Crippen molar-refractivity contribution in [1.82, 2.24) is 9.55 Å². The molecule has 0 unspecified atom stereocenters. The predicted octanol–water partition coefficient (Wildman–Crippen LogP) is 3.41. The van der Waals surface area contributed by atoms with Gasteiger partial charge in [0.05, 0.1) is 6.54 Å². The van der Waals surface area contributed by atoms with Crippen LogP contribution in [-0.4, -0.2) is 20.6 Å². The fourth-order valence-electron chi connectivity index (χ4n) is 2.40. The molecule has 102 valence electrons. The van der Waals surface area contributed by atoms with Gasteiger partial charge in [-0.2, -0.15) is 0 Å². The molecule has 0 bridgehead atoms. The zero-order valence-electron chi connectivity index (χ0n) is 11.0. The normalized spacial score (nSPS) is 11.1. The van der Waals surface area contributed by atoms with Gasteiger partial charge in [-0.25, -0.2) is 9.78 Å². The highest BCUT2D eigenvalue weighted by molar-refractivity contribution is 7.21. The molecule has 5 heteroatoms. The fraction of sp³-hybridized carbons (Fsp3) is 0.200. The van der Waals surface area contributed by atoms with Gasteiger partial charge < -0.3 is 9.67 Å². The number of imidazole rings is 1. The molecule has 0 aliphatic rings. The molecule has 20 heavy (non-hydrogen) atoms. The third kappa shape index (κ3) is 2.10. The van der Waals surface area contributed by atoms with Crippen LogP contribution in [0.15, 0.2) is 36.7 Å². The van der Waals surface area contributed by atoms with Crippen LogP contribution in [0.25, 0.3) is 10.1 Å². The van der Waals surface area contributed by atoms with Gasteiger partial charge in [-0.15, -0.1) is 11.3 Å². The number of carbonyl (C=O) groups is 1. The first kappa shape index (κ1) is 12.9. The van der Waals surface area contributed by atoms with E-state index in [2.05, 4.69) is 4.98 Å². The molecule has 1 aromatic carbocycles. The molecule has 0 amide bonds. The number of carboxylic acids is 1. The van der Waals surface area contributed by atoms with Crippen LogP contribution in [0.3, 0.4) is 0 Å². The molecular weight excluding hydrogens is 272 g/mol. The molecule has 0 spiro atoms. The number of hydrogen-bond donors (Lipinski definition) is 1. The van der Waals surface area contributed by atoms with Crippen molar-refractivity contribution >= 4 is 27.4 Å². The van der Waals surface area contributed by atoms with Gasteiger partial charge in [0.15, 0.2) is 0 Å². The number of aromatic nitrogens is 2. The number of nitrogens with zero attached hydrogens (tertiary/aromatic N) is 2. The molecule has 0 saturated heterocycles. The van der Waals surface area contributed by atoms with Gasteiger partial charge in [0.25, 0.3) is 0 Å². The molecule has 0 aliphatic heterocycles. The first-order valence-electron chi connectivity index (χ1n) is 6.44. The number of hydrogen-bond acceptors (Lipinski definition) is 3. The molecule has 3 rings (SSSR count). The summed E-state index contributed by atoms with van der Waals surface area (Å²) in [6.45, 7) is 2.59. The Labute approximate surface area is 120 Å². The molecule has 2 heterocycles. The molecule has 2 aromatic heterocycles. The number of rotatable bonds is 4. The van der Waals surface area contributed by atoms with Crippen molar-refractivity contribution in [3.8, 4) is 0 Å². The maximum Gasteiger partial charge on any atom is 0.346 e. The van der Waals surface area contributed by atoms with Crippen molar-refractivity contribution in [2.75, 3.05) is 0 Å². The second-order valence-electron chi connectivity index (χ2n) is 4.54. The lowest BCUT2D eigenvalue weighted by Crippen LogP contribution is -2.06. The van der Waals surface area contributed by atoms with Gasteiger partial charge in [0.2, 0.25) is 0 Å². The summed E-state index contributed by atoms with van der Waals surface area (Å²) in [6, 6.07) is 7.82. The summed E-state index contributed by atoms with van der Waals surface area (Å²) in [5.41, 5.74) is 0.866. The van der Waals surface area contributed by atoms with Crippen molar-refractivity contribution in [3.63, 3.8) is 0 Å².